The molecule has 5 heteroatoms. The van der Waals surface area contributed by atoms with Crippen LogP contribution >= 0.6 is 12.4 Å². The molecule has 0 fully saturated rings. The van der Waals surface area contributed by atoms with Gasteiger partial charge in [0.15, 0.2) is 5.43 Å². The van der Waals surface area contributed by atoms with Gasteiger partial charge in [0, 0.05) is 12.1 Å². The number of halogens is 1. The fraction of sp³-hybridized carbons (Fsp3) is 0.438. The predicted octanol–water partition coefficient (Wildman–Crippen LogP) is 3.38. The van der Waals surface area contributed by atoms with Crippen molar-refractivity contribution in [3.63, 3.8) is 0 Å². The molecule has 21 heavy (non-hydrogen) atoms. The molecule has 0 aliphatic rings. The summed E-state index contributed by atoms with van der Waals surface area (Å²) in [5, 5.41) is 10.6. The first-order chi connectivity index (χ1) is 9.49. The van der Waals surface area contributed by atoms with Crippen LogP contribution in [0, 0.1) is 13.8 Å². The Morgan fingerprint density at radius 1 is 1.19 bits per heavy atom. The highest BCUT2D eigenvalue weighted by atomic mass is 35.5. The standard InChI is InChI=1S/C16H21NO3.ClH/c1-5-17(6-2)9-13-14(18)8-7-12-15(19)10(3)11(4)20-16(12)13;/h7-8,18H,5-6,9H2,1-4H3;1H. The van der Waals surface area contributed by atoms with E-state index in [-0.39, 0.29) is 23.6 Å². The lowest BCUT2D eigenvalue weighted by Gasteiger charge is -2.19. The van der Waals surface area contributed by atoms with Gasteiger partial charge in [-0.2, -0.15) is 0 Å². The molecule has 0 aliphatic carbocycles. The summed E-state index contributed by atoms with van der Waals surface area (Å²) in [7, 11) is 0. The van der Waals surface area contributed by atoms with Gasteiger partial charge in [-0.1, -0.05) is 13.8 Å². The fourth-order valence-corrected chi connectivity index (χ4v) is 2.33. The van der Waals surface area contributed by atoms with Crippen LogP contribution in [0.1, 0.15) is 30.7 Å². The number of phenols is 1. The van der Waals surface area contributed by atoms with Crippen molar-refractivity contribution in [3.8, 4) is 5.75 Å². The first kappa shape index (κ1) is 17.5. The van der Waals surface area contributed by atoms with E-state index in [4.69, 9.17) is 4.42 Å². The number of nitrogens with zero attached hydrogens (tertiary/aromatic N) is 1. The molecule has 0 spiro atoms. The van der Waals surface area contributed by atoms with Gasteiger partial charge in [-0.15, -0.1) is 12.4 Å². The van der Waals surface area contributed by atoms with Crippen LogP contribution in [0.4, 0.5) is 0 Å². The molecule has 0 atom stereocenters. The second kappa shape index (κ2) is 6.96. The van der Waals surface area contributed by atoms with E-state index < -0.39 is 0 Å². The molecule has 0 bridgehead atoms. The lowest BCUT2D eigenvalue weighted by molar-refractivity contribution is 0.290. The van der Waals surface area contributed by atoms with Crippen LogP contribution in [-0.4, -0.2) is 23.1 Å². The highest BCUT2D eigenvalue weighted by Gasteiger charge is 2.16. The SMILES string of the molecule is CCN(CC)Cc1c(O)ccc2c(=O)c(C)c(C)oc12.Cl. The molecular weight excluding hydrogens is 290 g/mol. The van der Waals surface area contributed by atoms with Gasteiger partial charge in [0.1, 0.15) is 17.1 Å². The van der Waals surface area contributed by atoms with Gasteiger partial charge < -0.3 is 9.52 Å². The minimum Gasteiger partial charge on any atom is -0.507 e. The summed E-state index contributed by atoms with van der Waals surface area (Å²) in [5.74, 6) is 0.782. The van der Waals surface area contributed by atoms with Gasteiger partial charge in [-0.05, 0) is 39.1 Å². The van der Waals surface area contributed by atoms with E-state index in [1.165, 1.54) is 0 Å². The maximum absolute atomic E-state index is 12.3. The van der Waals surface area contributed by atoms with Crippen LogP contribution in [0.15, 0.2) is 21.3 Å². The van der Waals surface area contributed by atoms with Crippen molar-refractivity contribution in [2.75, 3.05) is 13.1 Å². The number of hydrogen-bond acceptors (Lipinski definition) is 4. The smallest absolute Gasteiger partial charge is 0.195 e. The minimum atomic E-state index is -0.0236. The molecule has 0 saturated heterocycles. The Kier molecular flexibility index (Phi) is 5.81. The van der Waals surface area contributed by atoms with Gasteiger partial charge in [-0.3, -0.25) is 9.69 Å². The Bertz CT molecular complexity index is 690. The molecule has 1 heterocycles. The lowest BCUT2D eigenvalue weighted by atomic mass is 10.1. The highest BCUT2D eigenvalue weighted by Crippen LogP contribution is 2.28. The number of benzene rings is 1. The van der Waals surface area contributed by atoms with Crippen molar-refractivity contribution >= 4 is 23.4 Å². The van der Waals surface area contributed by atoms with Gasteiger partial charge in [0.05, 0.1) is 10.9 Å². The number of aryl methyl sites for hydroxylation is 1. The third-order valence-electron chi connectivity index (χ3n) is 3.88. The minimum absolute atomic E-state index is 0. The van der Waals surface area contributed by atoms with Gasteiger partial charge in [0.25, 0.3) is 0 Å². The maximum Gasteiger partial charge on any atom is 0.195 e. The van der Waals surface area contributed by atoms with E-state index in [1.54, 1.807) is 26.0 Å². The molecule has 0 radical (unpaired) electrons. The van der Waals surface area contributed by atoms with Gasteiger partial charge in [0.2, 0.25) is 0 Å². The summed E-state index contributed by atoms with van der Waals surface area (Å²) in [6, 6.07) is 3.21. The number of aromatic hydroxyl groups is 1. The molecular formula is C16H22ClNO3. The zero-order valence-corrected chi connectivity index (χ0v) is 13.7. The molecule has 1 aromatic heterocycles. The van der Waals surface area contributed by atoms with Gasteiger partial charge >= 0.3 is 0 Å². The molecule has 0 saturated carbocycles. The third kappa shape index (κ3) is 3.22. The number of hydrogen-bond donors (Lipinski definition) is 1. The summed E-state index contributed by atoms with van der Waals surface area (Å²) in [6.07, 6.45) is 0. The lowest BCUT2D eigenvalue weighted by Crippen LogP contribution is -2.22. The largest absolute Gasteiger partial charge is 0.507 e. The Labute approximate surface area is 130 Å². The second-order valence-corrected chi connectivity index (χ2v) is 5.01. The zero-order valence-electron chi connectivity index (χ0n) is 12.9. The van der Waals surface area contributed by atoms with E-state index in [0.29, 0.717) is 34.4 Å². The monoisotopic (exact) mass is 311 g/mol. The predicted molar refractivity (Wildman–Crippen MR) is 87.5 cm³/mol. The van der Waals surface area contributed by atoms with Crippen LogP contribution < -0.4 is 5.43 Å². The average Bonchev–Trinajstić information content (AvgIpc) is 2.44. The number of rotatable bonds is 4. The molecule has 4 nitrogen and oxygen atoms in total. The average molecular weight is 312 g/mol. The maximum atomic E-state index is 12.3. The van der Waals surface area contributed by atoms with E-state index in [2.05, 4.69) is 18.7 Å². The van der Waals surface area contributed by atoms with Gasteiger partial charge in [-0.25, -0.2) is 0 Å². The second-order valence-electron chi connectivity index (χ2n) is 5.01. The van der Waals surface area contributed by atoms with Crippen molar-refractivity contribution in [1.82, 2.24) is 4.90 Å². The normalized spacial score (nSPS) is 10.9. The molecule has 1 N–H and O–H groups in total. The quantitative estimate of drug-likeness (QED) is 0.940. The Balaban J connectivity index is 0.00000220. The van der Waals surface area contributed by atoms with Crippen LogP contribution in [0.5, 0.6) is 5.75 Å². The Morgan fingerprint density at radius 2 is 1.81 bits per heavy atom. The van der Waals surface area contributed by atoms with Crippen molar-refractivity contribution in [1.29, 1.82) is 0 Å². The van der Waals surface area contributed by atoms with Crippen molar-refractivity contribution in [2.45, 2.75) is 34.2 Å². The summed E-state index contributed by atoms with van der Waals surface area (Å²) in [4.78, 5) is 14.5. The Hall–Kier alpha value is -1.52. The first-order valence-corrected chi connectivity index (χ1v) is 6.96. The highest BCUT2D eigenvalue weighted by molar-refractivity contribution is 5.85. The molecule has 0 amide bonds. The van der Waals surface area contributed by atoms with E-state index in [1.807, 2.05) is 0 Å². The number of phenolic OH excluding ortho intramolecular Hbond substituents is 1. The molecule has 1 aromatic carbocycles. The first-order valence-electron chi connectivity index (χ1n) is 6.96. The van der Waals surface area contributed by atoms with E-state index in [9.17, 15) is 9.90 Å². The number of fused-ring (bicyclic) bond motifs is 1. The molecule has 116 valence electrons. The van der Waals surface area contributed by atoms with E-state index >= 15 is 0 Å². The summed E-state index contributed by atoms with van der Waals surface area (Å²) >= 11 is 0. The van der Waals surface area contributed by atoms with Crippen LogP contribution in [0.25, 0.3) is 11.0 Å². The van der Waals surface area contributed by atoms with Crippen molar-refractivity contribution < 1.29 is 9.52 Å². The van der Waals surface area contributed by atoms with Crippen LogP contribution in [0.3, 0.4) is 0 Å². The fourth-order valence-electron chi connectivity index (χ4n) is 2.33. The summed E-state index contributed by atoms with van der Waals surface area (Å²) < 4.78 is 5.79. The molecule has 0 unspecified atom stereocenters. The molecule has 0 aliphatic heterocycles. The summed E-state index contributed by atoms with van der Waals surface area (Å²) in [5.41, 5.74) is 1.79. The third-order valence-corrected chi connectivity index (χ3v) is 3.88. The molecule has 2 aromatic rings. The summed E-state index contributed by atoms with van der Waals surface area (Å²) in [6.45, 7) is 10.00. The topological polar surface area (TPSA) is 53.7 Å². The molecule has 2 rings (SSSR count). The Morgan fingerprint density at radius 3 is 2.38 bits per heavy atom. The van der Waals surface area contributed by atoms with E-state index in [0.717, 1.165) is 13.1 Å². The van der Waals surface area contributed by atoms with Crippen molar-refractivity contribution in [2.24, 2.45) is 0 Å². The van der Waals surface area contributed by atoms with Crippen LogP contribution in [0.2, 0.25) is 0 Å². The van der Waals surface area contributed by atoms with Crippen LogP contribution in [-0.2, 0) is 6.54 Å². The van der Waals surface area contributed by atoms with Crippen molar-refractivity contribution in [3.05, 3.63) is 39.2 Å². The zero-order chi connectivity index (χ0) is 14.9.